The van der Waals surface area contributed by atoms with E-state index in [-0.39, 0.29) is 5.82 Å². The van der Waals surface area contributed by atoms with Gasteiger partial charge in [-0.05, 0) is 25.1 Å². The number of benzene rings is 1. The van der Waals surface area contributed by atoms with Crippen molar-refractivity contribution in [1.29, 1.82) is 0 Å². The highest BCUT2D eigenvalue weighted by atomic mass is 19.1. The zero-order valence-electron chi connectivity index (χ0n) is 7.69. The van der Waals surface area contributed by atoms with E-state index in [1.165, 1.54) is 12.1 Å². The maximum absolute atomic E-state index is 12.4. The first kappa shape index (κ1) is 10.7. The van der Waals surface area contributed by atoms with Crippen LogP contribution in [0.3, 0.4) is 0 Å². The summed E-state index contributed by atoms with van der Waals surface area (Å²) in [6.07, 6.45) is 0. The highest BCUT2D eigenvalue weighted by molar-refractivity contribution is 5.33. The molecule has 64 valence electrons. The minimum Gasteiger partial charge on any atom is -0.207 e. The maximum atomic E-state index is 12.4. The molecule has 0 unspecified atom stereocenters. The van der Waals surface area contributed by atoms with E-state index in [4.69, 9.17) is 0 Å². The van der Waals surface area contributed by atoms with Crippen LogP contribution in [0.2, 0.25) is 0 Å². The first-order valence-electron chi connectivity index (χ1n) is 4.01. The molecule has 0 fully saturated rings. The smallest absolute Gasteiger partial charge is 0.124 e. The number of hydrogen-bond acceptors (Lipinski definition) is 0. The molecule has 0 heterocycles. The van der Waals surface area contributed by atoms with E-state index in [0.717, 1.165) is 5.56 Å². The summed E-state index contributed by atoms with van der Waals surface area (Å²) in [5.74, 6) is 5.22. The summed E-state index contributed by atoms with van der Waals surface area (Å²) < 4.78 is 12.4. The molecule has 1 rings (SSSR count). The van der Waals surface area contributed by atoms with Crippen molar-refractivity contribution >= 4 is 0 Å². The van der Waals surface area contributed by atoms with Gasteiger partial charge in [-0.1, -0.05) is 25.8 Å². The summed E-state index contributed by atoms with van der Waals surface area (Å²) in [6, 6.07) is 6.24. The van der Waals surface area contributed by atoms with Crippen LogP contribution in [0.25, 0.3) is 0 Å². The molecule has 0 amide bonds. The largest absolute Gasteiger partial charge is 0.207 e. The van der Waals surface area contributed by atoms with Crippen molar-refractivity contribution in [2.45, 2.75) is 20.8 Å². The third-order valence-electron chi connectivity index (χ3n) is 1.09. The summed E-state index contributed by atoms with van der Waals surface area (Å²) >= 11 is 0. The van der Waals surface area contributed by atoms with E-state index in [1.54, 1.807) is 19.1 Å². The molecule has 0 aliphatic rings. The predicted octanol–water partition coefficient (Wildman–Crippen LogP) is 3.22. The van der Waals surface area contributed by atoms with Crippen LogP contribution in [0.1, 0.15) is 26.3 Å². The van der Waals surface area contributed by atoms with E-state index in [9.17, 15) is 4.39 Å². The third-order valence-corrected chi connectivity index (χ3v) is 1.09. The van der Waals surface area contributed by atoms with Gasteiger partial charge in [-0.2, -0.15) is 0 Å². The second-order valence-electron chi connectivity index (χ2n) is 1.89. The van der Waals surface area contributed by atoms with Gasteiger partial charge in [-0.3, -0.25) is 0 Å². The monoisotopic (exact) mass is 164 g/mol. The van der Waals surface area contributed by atoms with Gasteiger partial charge in [-0.25, -0.2) is 4.39 Å². The fraction of sp³-hybridized carbons (Fsp3) is 0.273. The van der Waals surface area contributed by atoms with Gasteiger partial charge in [0, 0.05) is 5.56 Å². The average molecular weight is 164 g/mol. The first-order valence-corrected chi connectivity index (χ1v) is 4.01. The molecule has 1 aromatic rings. The van der Waals surface area contributed by atoms with Crippen LogP contribution in [0.15, 0.2) is 24.3 Å². The van der Waals surface area contributed by atoms with Crippen LogP contribution in [-0.2, 0) is 0 Å². The Labute approximate surface area is 73.4 Å². The van der Waals surface area contributed by atoms with Crippen LogP contribution in [0.5, 0.6) is 0 Å². The van der Waals surface area contributed by atoms with Crippen LogP contribution < -0.4 is 0 Å². The quantitative estimate of drug-likeness (QED) is 0.516. The first-order chi connectivity index (χ1) is 5.83. The van der Waals surface area contributed by atoms with E-state index >= 15 is 0 Å². The molecule has 0 spiro atoms. The van der Waals surface area contributed by atoms with Crippen molar-refractivity contribution in [2.75, 3.05) is 0 Å². The summed E-state index contributed by atoms with van der Waals surface area (Å²) in [7, 11) is 0. The Balaban J connectivity index is 0.000000561. The second-order valence-corrected chi connectivity index (χ2v) is 1.89. The van der Waals surface area contributed by atoms with Gasteiger partial charge in [-0.15, -0.1) is 5.92 Å². The molecule has 0 aliphatic carbocycles. The summed E-state index contributed by atoms with van der Waals surface area (Å²) in [5, 5.41) is 0. The summed E-state index contributed by atoms with van der Waals surface area (Å²) in [4.78, 5) is 0. The Morgan fingerprint density at radius 3 is 2.42 bits per heavy atom. The SMILES string of the molecule is CC.CC#Cc1cccc(F)c1. The van der Waals surface area contributed by atoms with Crippen molar-refractivity contribution in [1.82, 2.24) is 0 Å². The van der Waals surface area contributed by atoms with E-state index in [1.807, 2.05) is 13.8 Å². The third kappa shape index (κ3) is 3.78. The molecule has 1 aromatic carbocycles. The lowest BCUT2D eigenvalue weighted by Gasteiger charge is -1.87. The Kier molecular flexibility index (Phi) is 5.73. The van der Waals surface area contributed by atoms with E-state index < -0.39 is 0 Å². The minimum atomic E-state index is -0.236. The summed E-state index contributed by atoms with van der Waals surface area (Å²) in [6.45, 7) is 5.73. The predicted molar refractivity (Wildman–Crippen MR) is 50.3 cm³/mol. The van der Waals surface area contributed by atoms with Crippen LogP contribution in [-0.4, -0.2) is 0 Å². The van der Waals surface area contributed by atoms with Gasteiger partial charge in [0.1, 0.15) is 5.82 Å². The molecule has 0 N–H and O–H groups in total. The molecule has 0 bridgehead atoms. The van der Waals surface area contributed by atoms with Gasteiger partial charge in [0.05, 0.1) is 0 Å². The molecule has 12 heavy (non-hydrogen) atoms. The molecular weight excluding hydrogens is 151 g/mol. The van der Waals surface area contributed by atoms with Crippen molar-refractivity contribution in [2.24, 2.45) is 0 Å². The van der Waals surface area contributed by atoms with Crippen molar-refractivity contribution < 1.29 is 4.39 Å². The summed E-state index contributed by atoms with van der Waals surface area (Å²) in [5.41, 5.74) is 0.725. The zero-order valence-corrected chi connectivity index (χ0v) is 7.69. The lowest BCUT2D eigenvalue weighted by molar-refractivity contribution is 0.627. The highest BCUT2D eigenvalue weighted by Crippen LogP contribution is 2.00. The van der Waals surface area contributed by atoms with E-state index in [0.29, 0.717) is 0 Å². The van der Waals surface area contributed by atoms with Gasteiger partial charge in [0.15, 0.2) is 0 Å². The average Bonchev–Trinajstić information content (AvgIpc) is 2.09. The van der Waals surface area contributed by atoms with Gasteiger partial charge in [0.2, 0.25) is 0 Å². The second kappa shape index (κ2) is 6.42. The molecular formula is C11H13F. The van der Waals surface area contributed by atoms with Crippen LogP contribution in [0.4, 0.5) is 4.39 Å². The normalized spacial score (nSPS) is 7.33. The number of hydrogen-bond donors (Lipinski definition) is 0. The van der Waals surface area contributed by atoms with Crippen molar-refractivity contribution in [3.8, 4) is 11.8 Å². The molecule has 0 nitrogen and oxygen atoms in total. The zero-order chi connectivity index (χ0) is 9.40. The molecule has 0 saturated heterocycles. The molecule has 0 atom stereocenters. The van der Waals surface area contributed by atoms with Crippen LogP contribution >= 0.6 is 0 Å². The Morgan fingerprint density at radius 1 is 1.25 bits per heavy atom. The fourth-order valence-corrected chi connectivity index (χ4v) is 0.711. The molecule has 0 aromatic heterocycles. The number of rotatable bonds is 0. The van der Waals surface area contributed by atoms with Gasteiger partial charge in [0.25, 0.3) is 0 Å². The molecule has 0 radical (unpaired) electrons. The standard InChI is InChI=1S/C9H7F.C2H6/c1-2-4-8-5-3-6-9(10)7-8;1-2/h3,5-7H,1H3;1-2H3. The van der Waals surface area contributed by atoms with Crippen molar-refractivity contribution in [3.05, 3.63) is 35.6 Å². The van der Waals surface area contributed by atoms with E-state index in [2.05, 4.69) is 11.8 Å². The Morgan fingerprint density at radius 2 is 1.92 bits per heavy atom. The van der Waals surface area contributed by atoms with Gasteiger partial charge >= 0.3 is 0 Å². The highest BCUT2D eigenvalue weighted by Gasteiger charge is 1.87. The minimum absolute atomic E-state index is 0.236. The molecule has 0 aliphatic heterocycles. The Bertz CT molecular complexity index is 279. The molecule has 0 saturated carbocycles. The Hall–Kier alpha value is -1.29. The lowest BCUT2D eigenvalue weighted by atomic mass is 10.2. The molecule has 1 heteroatoms. The maximum Gasteiger partial charge on any atom is 0.124 e. The van der Waals surface area contributed by atoms with Gasteiger partial charge < -0.3 is 0 Å². The lowest BCUT2D eigenvalue weighted by Crippen LogP contribution is -1.75. The van der Waals surface area contributed by atoms with Crippen molar-refractivity contribution in [3.63, 3.8) is 0 Å². The topological polar surface area (TPSA) is 0 Å². The fourth-order valence-electron chi connectivity index (χ4n) is 0.711. The number of halogens is 1. The van der Waals surface area contributed by atoms with Crippen LogP contribution in [0, 0.1) is 17.7 Å².